The number of primary amides is 1. The van der Waals surface area contributed by atoms with E-state index in [0.717, 1.165) is 0 Å². The van der Waals surface area contributed by atoms with Gasteiger partial charge in [0.2, 0.25) is 10.0 Å². The van der Waals surface area contributed by atoms with Gasteiger partial charge in [0.05, 0.1) is 24.8 Å². The highest BCUT2D eigenvalue weighted by Crippen LogP contribution is 2.31. The molecule has 11 heteroatoms. The first-order valence-electron chi connectivity index (χ1n) is 9.76. The molecule has 0 saturated carbocycles. The van der Waals surface area contributed by atoms with E-state index in [1.54, 1.807) is 13.8 Å². The molecule has 0 radical (unpaired) electrons. The van der Waals surface area contributed by atoms with E-state index in [9.17, 15) is 18.0 Å². The number of benzene rings is 2. The van der Waals surface area contributed by atoms with E-state index in [2.05, 4.69) is 5.32 Å². The van der Waals surface area contributed by atoms with Gasteiger partial charge in [-0.25, -0.2) is 8.42 Å². The van der Waals surface area contributed by atoms with E-state index < -0.39 is 21.8 Å². The normalized spacial score (nSPS) is 11.2. The summed E-state index contributed by atoms with van der Waals surface area (Å²) in [4.78, 5) is 23.8. The number of hydrogen-bond donors (Lipinski definition) is 2. The summed E-state index contributed by atoms with van der Waals surface area (Å²) in [5.41, 5.74) is 5.48. The third-order valence-corrected chi connectivity index (χ3v) is 6.60. The number of nitrogens with two attached hydrogens (primary N) is 1. The minimum atomic E-state index is -3.73. The van der Waals surface area contributed by atoms with Crippen LogP contribution in [0, 0.1) is 0 Å². The van der Waals surface area contributed by atoms with Gasteiger partial charge in [0.1, 0.15) is 5.75 Å². The largest absolute Gasteiger partial charge is 0.495 e. The van der Waals surface area contributed by atoms with Crippen LogP contribution in [0.1, 0.15) is 24.2 Å². The number of nitrogens with zero attached hydrogens (tertiary/aromatic N) is 1. The first-order valence-corrected chi connectivity index (χ1v) is 11.2. The summed E-state index contributed by atoms with van der Waals surface area (Å²) >= 11 is 0. The summed E-state index contributed by atoms with van der Waals surface area (Å²) < 4.78 is 42.7. The van der Waals surface area contributed by atoms with Crippen LogP contribution in [0.15, 0.2) is 41.3 Å². The Kier molecular flexibility index (Phi) is 8.44. The predicted molar refractivity (Wildman–Crippen MR) is 119 cm³/mol. The predicted octanol–water partition coefficient (Wildman–Crippen LogP) is 1.85. The fraction of sp³-hybridized carbons (Fsp3) is 0.333. The van der Waals surface area contributed by atoms with Crippen molar-refractivity contribution in [1.29, 1.82) is 0 Å². The highest BCUT2D eigenvalue weighted by atomic mass is 32.2. The van der Waals surface area contributed by atoms with Crippen LogP contribution in [0.5, 0.6) is 17.2 Å². The van der Waals surface area contributed by atoms with Gasteiger partial charge in [-0.1, -0.05) is 13.8 Å². The van der Waals surface area contributed by atoms with Gasteiger partial charge in [0.25, 0.3) is 11.8 Å². The Hall–Kier alpha value is -3.31. The van der Waals surface area contributed by atoms with Crippen LogP contribution in [-0.2, 0) is 14.8 Å². The molecule has 0 aliphatic carbocycles. The Bertz CT molecular complexity index is 1080. The molecule has 10 nitrogen and oxygen atoms in total. The molecule has 174 valence electrons. The fourth-order valence-electron chi connectivity index (χ4n) is 2.93. The molecule has 0 aliphatic heterocycles. The lowest BCUT2D eigenvalue weighted by molar-refractivity contribution is -0.119. The molecule has 32 heavy (non-hydrogen) atoms. The number of amides is 2. The van der Waals surface area contributed by atoms with Gasteiger partial charge in [-0.05, 0) is 36.4 Å². The van der Waals surface area contributed by atoms with Crippen LogP contribution < -0.4 is 25.3 Å². The lowest BCUT2D eigenvalue weighted by atomic mass is 10.1. The van der Waals surface area contributed by atoms with Gasteiger partial charge in [-0.2, -0.15) is 4.31 Å². The Morgan fingerprint density at radius 3 is 2.16 bits per heavy atom. The third-order valence-electron chi connectivity index (χ3n) is 4.56. The number of rotatable bonds is 11. The molecule has 0 aliphatic rings. The first kappa shape index (κ1) is 25.0. The van der Waals surface area contributed by atoms with E-state index in [4.69, 9.17) is 19.9 Å². The topological polar surface area (TPSA) is 137 Å². The number of carbonyl (C=O) groups is 2. The number of sulfonamides is 1. The summed E-state index contributed by atoms with van der Waals surface area (Å²) in [6.45, 7) is 3.79. The van der Waals surface area contributed by atoms with Gasteiger partial charge in [0, 0.05) is 18.7 Å². The Morgan fingerprint density at radius 1 is 0.969 bits per heavy atom. The van der Waals surface area contributed by atoms with Gasteiger partial charge in [-0.3, -0.25) is 9.59 Å². The van der Waals surface area contributed by atoms with Crippen molar-refractivity contribution < 1.29 is 32.2 Å². The molecule has 0 unspecified atom stereocenters. The molecule has 0 aromatic heterocycles. The molecule has 0 fully saturated rings. The van der Waals surface area contributed by atoms with Crippen molar-refractivity contribution in [1.82, 2.24) is 4.31 Å². The molecule has 2 aromatic carbocycles. The number of carbonyl (C=O) groups excluding carboxylic acids is 2. The third kappa shape index (κ3) is 5.68. The lowest BCUT2D eigenvalue weighted by Gasteiger charge is -2.19. The van der Waals surface area contributed by atoms with Crippen LogP contribution in [-0.4, -0.2) is 58.5 Å². The average Bonchev–Trinajstić information content (AvgIpc) is 2.77. The molecular formula is C21H27N3O7S. The smallest absolute Gasteiger partial charge is 0.255 e. The van der Waals surface area contributed by atoms with Crippen LogP contribution in [0.25, 0.3) is 0 Å². The van der Waals surface area contributed by atoms with E-state index in [1.165, 1.54) is 54.9 Å². The molecule has 2 rings (SSSR count). The summed E-state index contributed by atoms with van der Waals surface area (Å²) in [6, 6.07) is 8.62. The molecular weight excluding hydrogens is 438 g/mol. The minimum Gasteiger partial charge on any atom is -0.495 e. The minimum absolute atomic E-state index is 0.0325. The van der Waals surface area contributed by atoms with Crippen molar-refractivity contribution in [3.8, 4) is 17.2 Å². The van der Waals surface area contributed by atoms with E-state index in [0.29, 0.717) is 18.8 Å². The van der Waals surface area contributed by atoms with Gasteiger partial charge in [0.15, 0.2) is 18.1 Å². The maximum Gasteiger partial charge on any atom is 0.255 e. The second kappa shape index (κ2) is 10.8. The number of anilines is 1. The molecule has 2 amide bonds. The van der Waals surface area contributed by atoms with Crippen molar-refractivity contribution in [3.63, 3.8) is 0 Å². The maximum absolute atomic E-state index is 12.8. The number of hydrogen-bond acceptors (Lipinski definition) is 7. The highest BCUT2D eigenvalue weighted by Gasteiger charge is 2.23. The van der Waals surface area contributed by atoms with Gasteiger partial charge < -0.3 is 25.3 Å². The highest BCUT2D eigenvalue weighted by molar-refractivity contribution is 7.89. The zero-order valence-electron chi connectivity index (χ0n) is 18.4. The van der Waals surface area contributed by atoms with Crippen molar-refractivity contribution in [2.75, 3.05) is 39.2 Å². The molecule has 0 atom stereocenters. The maximum atomic E-state index is 12.8. The number of nitrogens with one attached hydrogen (secondary N) is 1. The Balaban J connectivity index is 2.35. The van der Waals surface area contributed by atoms with Crippen LogP contribution in [0.4, 0.5) is 5.69 Å². The first-order chi connectivity index (χ1) is 15.2. The SMILES string of the molecule is CCN(CC)S(=O)(=O)c1ccc(OC)c(NC(=O)c2ccc(OCC(N)=O)c(OC)c2)c1. The number of ether oxygens (including phenoxy) is 3. The van der Waals surface area contributed by atoms with E-state index in [-0.39, 0.29) is 34.3 Å². The van der Waals surface area contributed by atoms with Crippen LogP contribution in [0.2, 0.25) is 0 Å². The fourth-order valence-corrected chi connectivity index (χ4v) is 4.41. The zero-order chi connectivity index (χ0) is 23.9. The second-order valence-electron chi connectivity index (χ2n) is 6.53. The summed E-state index contributed by atoms with van der Waals surface area (Å²) in [7, 11) is -0.925. The molecule has 0 spiro atoms. The Morgan fingerprint density at radius 2 is 1.59 bits per heavy atom. The van der Waals surface area contributed by atoms with E-state index in [1.807, 2.05) is 0 Å². The number of methoxy groups -OCH3 is 2. The summed E-state index contributed by atoms with van der Waals surface area (Å²) in [5.74, 6) is -0.414. The monoisotopic (exact) mass is 465 g/mol. The molecule has 3 N–H and O–H groups in total. The van der Waals surface area contributed by atoms with Crippen molar-refractivity contribution in [2.45, 2.75) is 18.7 Å². The van der Waals surface area contributed by atoms with Crippen molar-refractivity contribution >= 4 is 27.5 Å². The average molecular weight is 466 g/mol. The van der Waals surface area contributed by atoms with Crippen LogP contribution >= 0.6 is 0 Å². The zero-order valence-corrected chi connectivity index (χ0v) is 19.2. The molecule has 0 saturated heterocycles. The quantitative estimate of drug-likeness (QED) is 0.517. The van der Waals surface area contributed by atoms with Gasteiger partial charge >= 0.3 is 0 Å². The summed E-state index contributed by atoms with van der Waals surface area (Å²) in [5, 5.41) is 2.67. The van der Waals surface area contributed by atoms with Crippen LogP contribution in [0.3, 0.4) is 0 Å². The second-order valence-corrected chi connectivity index (χ2v) is 8.46. The molecule has 2 aromatic rings. The lowest BCUT2D eigenvalue weighted by Crippen LogP contribution is -2.30. The summed E-state index contributed by atoms with van der Waals surface area (Å²) in [6.07, 6.45) is 0. The van der Waals surface area contributed by atoms with Crippen molar-refractivity contribution in [2.24, 2.45) is 5.73 Å². The Labute approximate surface area is 187 Å². The molecule has 0 bridgehead atoms. The standard InChI is InChI=1S/C21H27N3O7S/c1-5-24(6-2)32(27,28)15-8-10-17(29-3)16(12-15)23-21(26)14-7-9-18(19(11-14)30-4)31-13-20(22)25/h7-12H,5-6,13H2,1-4H3,(H2,22,25)(H,23,26). The molecule has 0 heterocycles. The van der Waals surface area contributed by atoms with E-state index >= 15 is 0 Å². The van der Waals surface area contributed by atoms with Gasteiger partial charge in [-0.15, -0.1) is 0 Å². The van der Waals surface area contributed by atoms with Crippen molar-refractivity contribution in [3.05, 3.63) is 42.0 Å².